The number of rotatable bonds is 6. The summed E-state index contributed by atoms with van der Waals surface area (Å²) in [4.78, 5) is 27.0. The van der Waals surface area contributed by atoms with Gasteiger partial charge in [0.05, 0.1) is 0 Å². The Morgan fingerprint density at radius 2 is 2.09 bits per heavy atom. The summed E-state index contributed by atoms with van der Waals surface area (Å²) in [5, 5.41) is 13.3. The topological polar surface area (TPSA) is 88.5 Å². The van der Waals surface area contributed by atoms with E-state index in [-0.39, 0.29) is 12.5 Å². The number of fused-ring (bicyclic) bond motifs is 1. The van der Waals surface area contributed by atoms with Crippen LogP contribution in [0.5, 0.6) is 5.75 Å². The SMILES string of the molecule is CC(C)C(NC(=O)COc1cccc2cnccc12)C(=O)O. The van der Waals surface area contributed by atoms with Crippen LogP contribution in [0, 0.1) is 5.92 Å². The minimum Gasteiger partial charge on any atom is -0.483 e. The van der Waals surface area contributed by atoms with Gasteiger partial charge in [-0.1, -0.05) is 26.0 Å². The zero-order chi connectivity index (χ0) is 16.1. The van der Waals surface area contributed by atoms with Gasteiger partial charge in [-0.2, -0.15) is 0 Å². The van der Waals surface area contributed by atoms with Crippen LogP contribution in [0.3, 0.4) is 0 Å². The van der Waals surface area contributed by atoms with Crippen LogP contribution in [0.1, 0.15) is 13.8 Å². The van der Waals surface area contributed by atoms with Crippen LogP contribution in [-0.2, 0) is 9.59 Å². The van der Waals surface area contributed by atoms with Crippen molar-refractivity contribution in [2.45, 2.75) is 19.9 Å². The zero-order valence-corrected chi connectivity index (χ0v) is 12.4. The van der Waals surface area contributed by atoms with Gasteiger partial charge in [-0.25, -0.2) is 4.79 Å². The van der Waals surface area contributed by atoms with Crippen molar-refractivity contribution in [2.75, 3.05) is 6.61 Å². The second-order valence-corrected chi connectivity index (χ2v) is 5.27. The quantitative estimate of drug-likeness (QED) is 0.850. The first kappa shape index (κ1) is 15.8. The average Bonchev–Trinajstić information content (AvgIpc) is 2.49. The maximum Gasteiger partial charge on any atom is 0.326 e. The van der Waals surface area contributed by atoms with Crippen LogP contribution < -0.4 is 10.1 Å². The largest absolute Gasteiger partial charge is 0.483 e. The number of carbonyl (C=O) groups excluding carboxylic acids is 1. The first-order valence-electron chi connectivity index (χ1n) is 6.96. The highest BCUT2D eigenvalue weighted by molar-refractivity contribution is 5.88. The fraction of sp³-hybridized carbons (Fsp3) is 0.312. The average molecular weight is 302 g/mol. The smallest absolute Gasteiger partial charge is 0.326 e. The lowest BCUT2D eigenvalue weighted by Gasteiger charge is -2.18. The monoisotopic (exact) mass is 302 g/mol. The number of carbonyl (C=O) groups is 2. The summed E-state index contributed by atoms with van der Waals surface area (Å²) in [5.74, 6) is -1.16. The molecule has 0 aliphatic heterocycles. The van der Waals surface area contributed by atoms with E-state index < -0.39 is 17.9 Å². The van der Waals surface area contributed by atoms with Gasteiger partial charge in [-0.3, -0.25) is 9.78 Å². The third-order valence-corrected chi connectivity index (χ3v) is 3.25. The molecule has 6 heteroatoms. The predicted molar refractivity (Wildman–Crippen MR) is 81.6 cm³/mol. The number of carboxylic acids is 1. The first-order chi connectivity index (χ1) is 10.5. The van der Waals surface area contributed by atoms with E-state index in [0.717, 1.165) is 10.8 Å². The molecule has 6 nitrogen and oxygen atoms in total. The molecule has 0 bridgehead atoms. The van der Waals surface area contributed by atoms with Crippen molar-refractivity contribution in [3.63, 3.8) is 0 Å². The van der Waals surface area contributed by atoms with E-state index in [4.69, 9.17) is 9.84 Å². The van der Waals surface area contributed by atoms with Crippen LogP contribution in [0.25, 0.3) is 10.8 Å². The Kier molecular flexibility index (Phi) is 4.93. The van der Waals surface area contributed by atoms with Crippen LogP contribution in [-0.4, -0.2) is 34.6 Å². The standard InChI is InChI=1S/C16H18N2O4/c1-10(2)15(16(20)21)18-14(19)9-22-13-5-3-4-11-8-17-7-6-12(11)13/h3-8,10,15H,9H2,1-2H3,(H,18,19)(H,20,21). The Hall–Kier alpha value is -2.63. The van der Waals surface area contributed by atoms with E-state index in [0.29, 0.717) is 5.75 Å². The number of amides is 1. The Bertz CT molecular complexity index is 679. The summed E-state index contributed by atoms with van der Waals surface area (Å²) >= 11 is 0. The number of nitrogens with one attached hydrogen (secondary N) is 1. The molecule has 116 valence electrons. The molecule has 2 aromatic rings. The van der Waals surface area contributed by atoms with Crippen molar-refractivity contribution in [1.29, 1.82) is 0 Å². The summed E-state index contributed by atoms with van der Waals surface area (Å²) in [6.07, 6.45) is 3.36. The fourth-order valence-corrected chi connectivity index (χ4v) is 2.09. The zero-order valence-electron chi connectivity index (χ0n) is 12.4. The van der Waals surface area contributed by atoms with Crippen LogP contribution in [0.15, 0.2) is 36.7 Å². The number of hydrogen-bond donors (Lipinski definition) is 2. The lowest BCUT2D eigenvalue weighted by atomic mass is 10.1. The minimum absolute atomic E-state index is 0.204. The van der Waals surface area contributed by atoms with Crippen molar-refractivity contribution in [3.8, 4) is 5.75 Å². The lowest BCUT2D eigenvalue weighted by molar-refractivity contribution is -0.143. The molecule has 0 aliphatic carbocycles. The van der Waals surface area contributed by atoms with Gasteiger partial charge in [0.15, 0.2) is 6.61 Å². The highest BCUT2D eigenvalue weighted by Gasteiger charge is 2.23. The number of nitrogens with zero attached hydrogens (tertiary/aromatic N) is 1. The summed E-state index contributed by atoms with van der Waals surface area (Å²) in [6.45, 7) is 3.23. The van der Waals surface area contributed by atoms with Gasteiger partial charge in [-0.15, -0.1) is 0 Å². The highest BCUT2D eigenvalue weighted by atomic mass is 16.5. The van der Waals surface area contributed by atoms with Crippen LogP contribution in [0.4, 0.5) is 0 Å². The van der Waals surface area contributed by atoms with E-state index in [2.05, 4.69) is 10.3 Å². The van der Waals surface area contributed by atoms with Crippen LogP contribution >= 0.6 is 0 Å². The van der Waals surface area contributed by atoms with E-state index in [1.54, 1.807) is 38.4 Å². The third-order valence-electron chi connectivity index (χ3n) is 3.25. The number of ether oxygens (including phenoxy) is 1. The number of aliphatic carboxylic acids is 1. The van der Waals surface area contributed by atoms with E-state index in [9.17, 15) is 9.59 Å². The number of pyridine rings is 1. The van der Waals surface area contributed by atoms with E-state index in [1.165, 1.54) is 0 Å². The van der Waals surface area contributed by atoms with Gasteiger partial charge < -0.3 is 15.2 Å². The molecule has 0 fully saturated rings. The number of benzene rings is 1. The van der Waals surface area contributed by atoms with Gasteiger partial charge in [-0.05, 0) is 18.1 Å². The molecule has 1 aromatic carbocycles. The number of carboxylic acid groups (broad SMARTS) is 1. The molecule has 0 saturated heterocycles. The molecule has 2 N–H and O–H groups in total. The van der Waals surface area contributed by atoms with Crippen molar-refractivity contribution in [2.24, 2.45) is 5.92 Å². The summed E-state index contributed by atoms with van der Waals surface area (Å²) in [5.41, 5.74) is 0. The fourth-order valence-electron chi connectivity index (χ4n) is 2.09. The second kappa shape index (κ2) is 6.89. The van der Waals surface area contributed by atoms with Gasteiger partial charge in [0.25, 0.3) is 5.91 Å². The molecule has 1 aromatic heterocycles. The Balaban J connectivity index is 2.03. The maximum absolute atomic E-state index is 11.9. The molecular formula is C16H18N2O4. The molecule has 1 unspecified atom stereocenters. The van der Waals surface area contributed by atoms with Gasteiger partial charge in [0.2, 0.25) is 0 Å². The maximum atomic E-state index is 11.9. The van der Waals surface area contributed by atoms with E-state index >= 15 is 0 Å². The molecule has 0 spiro atoms. The highest BCUT2D eigenvalue weighted by Crippen LogP contribution is 2.24. The van der Waals surface area contributed by atoms with Crippen LogP contribution in [0.2, 0.25) is 0 Å². The Morgan fingerprint density at radius 1 is 1.32 bits per heavy atom. The summed E-state index contributed by atoms with van der Waals surface area (Å²) in [6, 6.07) is 6.34. The summed E-state index contributed by atoms with van der Waals surface area (Å²) in [7, 11) is 0. The molecule has 1 atom stereocenters. The van der Waals surface area contributed by atoms with Crippen molar-refractivity contribution in [1.82, 2.24) is 10.3 Å². The van der Waals surface area contributed by atoms with Gasteiger partial charge >= 0.3 is 5.97 Å². The second-order valence-electron chi connectivity index (χ2n) is 5.27. The predicted octanol–water partition coefficient (Wildman–Crippen LogP) is 1.84. The molecule has 2 rings (SSSR count). The molecule has 1 heterocycles. The Labute approximate surface area is 128 Å². The van der Waals surface area contributed by atoms with Crippen molar-refractivity contribution in [3.05, 3.63) is 36.7 Å². The Morgan fingerprint density at radius 3 is 2.77 bits per heavy atom. The van der Waals surface area contributed by atoms with Crippen molar-refractivity contribution >= 4 is 22.6 Å². The van der Waals surface area contributed by atoms with Crippen molar-refractivity contribution < 1.29 is 19.4 Å². The number of hydrogen-bond acceptors (Lipinski definition) is 4. The molecular weight excluding hydrogens is 284 g/mol. The third kappa shape index (κ3) is 3.72. The van der Waals surface area contributed by atoms with Gasteiger partial charge in [0, 0.05) is 23.2 Å². The number of aromatic nitrogens is 1. The normalized spacial score (nSPS) is 12.1. The van der Waals surface area contributed by atoms with Gasteiger partial charge in [0.1, 0.15) is 11.8 Å². The summed E-state index contributed by atoms with van der Waals surface area (Å²) < 4.78 is 5.51. The molecule has 0 aliphatic rings. The molecule has 0 radical (unpaired) electrons. The lowest BCUT2D eigenvalue weighted by Crippen LogP contribution is -2.46. The first-order valence-corrected chi connectivity index (χ1v) is 6.96. The molecule has 0 saturated carbocycles. The molecule has 22 heavy (non-hydrogen) atoms. The van der Waals surface area contributed by atoms with E-state index in [1.807, 2.05) is 12.1 Å². The molecule has 1 amide bonds. The minimum atomic E-state index is -1.06.